The lowest BCUT2D eigenvalue weighted by atomic mass is 10.1. The van der Waals surface area contributed by atoms with Crippen LogP contribution in [0.25, 0.3) is 6.08 Å². The van der Waals surface area contributed by atoms with E-state index in [1.807, 2.05) is 42.5 Å². The molecule has 27 heavy (non-hydrogen) atoms. The highest BCUT2D eigenvalue weighted by Crippen LogP contribution is 2.30. The van der Waals surface area contributed by atoms with E-state index < -0.39 is 23.8 Å². The van der Waals surface area contributed by atoms with Crippen LogP contribution in [0.3, 0.4) is 0 Å². The molecule has 3 nitrogen and oxygen atoms in total. The second-order valence-corrected chi connectivity index (χ2v) is 5.77. The summed E-state index contributed by atoms with van der Waals surface area (Å²) < 4.78 is 48.5. The molecule has 0 fully saturated rings. The van der Waals surface area contributed by atoms with Crippen molar-refractivity contribution in [1.82, 2.24) is 0 Å². The predicted octanol–water partition coefficient (Wildman–Crippen LogP) is 5.51. The van der Waals surface area contributed by atoms with Crippen LogP contribution in [-0.2, 0) is 15.7 Å². The van der Waals surface area contributed by atoms with E-state index >= 15 is 0 Å². The molecular formula is C21H21F3O3. The van der Waals surface area contributed by atoms with Gasteiger partial charge in [0.25, 0.3) is 0 Å². The zero-order valence-electron chi connectivity index (χ0n) is 14.9. The summed E-state index contributed by atoms with van der Waals surface area (Å²) in [4.78, 5) is 12.1. The number of hydrogen-bond donors (Lipinski definition) is 0. The number of halogens is 3. The third kappa shape index (κ3) is 6.81. The molecule has 144 valence electrons. The van der Waals surface area contributed by atoms with Gasteiger partial charge in [0.05, 0.1) is 12.2 Å². The van der Waals surface area contributed by atoms with Gasteiger partial charge in [0.1, 0.15) is 5.75 Å². The summed E-state index contributed by atoms with van der Waals surface area (Å²) in [5, 5.41) is 0. The summed E-state index contributed by atoms with van der Waals surface area (Å²) in [6, 6.07) is 13.9. The minimum Gasteiger partial charge on any atom is -0.479 e. The minimum absolute atomic E-state index is 0.188. The third-order valence-electron chi connectivity index (χ3n) is 3.71. The SMILES string of the molecule is CCOC(=O)C(CCC=Cc1ccccc1)Oc1ccc(C(F)(F)F)cc1. The number of ether oxygens (including phenoxy) is 2. The van der Waals surface area contributed by atoms with E-state index in [-0.39, 0.29) is 12.4 Å². The van der Waals surface area contributed by atoms with Crippen molar-refractivity contribution in [1.29, 1.82) is 0 Å². The van der Waals surface area contributed by atoms with E-state index in [2.05, 4.69) is 0 Å². The van der Waals surface area contributed by atoms with Gasteiger partial charge in [-0.05, 0) is 49.6 Å². The standard InChI is InChI=1S/C21H21F3O3/c1-2-26-20(25)19(11-7-6-10-16-8-4-3-5-9-16)27-18-14-12-17(13-15-18)21(22,23)24/h3-6,8-10,12-15,19H,2,7,11H2,1H3. The van der Waals surface area contributed by atoms with Crippen molar-refractivity contribution in [3.63, 3.8) is 0 Å². The largest absolute Gasteiger partial charge is 0.479 e. The molecule has 0 saturated heterocycles. The summed E-state index contributed by atoms with van der Waals surface area (Å²) >= 11 is 0. The average molecular weight is 378 g/mol. The van der Waals surface area contributed by atoms with Crippen LogP contribution in [0.15, 0.2) is 60.7 Å². The van der Waals surface area contributed by atoms with Gasteiger partial charge in [0, 0.05) is 0 Å². The third-order valence-corrected chi connectivity index (χ3v) is 3.71. The zero-order chi connectivity index (χ0) is 19.7. The lowest BCUT2D eigenvalue weighted by molar-refractivity contribution is -0.151. The molecule has 0 aliphatic heterocycles. The molecule has 0 aliphatic rings. The Bertz CT molecular complexity index is 738. The van der Waals surface area contributed by atoms with Crippen LogP contribution in [-0.4, -0.2) is 18.7 Å². The molecule has 2 rings (SSSR count). The van der Waals surface area contributed by atoms with Gasteiger partial charge in [-0.3, -0.25) is 0 Å². The normalized spacial score (nSPS) is 12.7. The molecule has 2 aromatic rings. The van der Waals surface area contributed by atoms with Crippen molar-refractivity contribution < 1.29 is 27.4 Å². The number of allylic oxidation sites excluding steroid dienone is 1. The molecule has 6 heteroatoms. The van der Waals surface area contributed by atoms with E-state index in [1.54, 1.807) is 6.92 Å². The number of alkyl halides is 3. The summed E-state index contributed by atoms with van der Waals surface area (Å²) in [6.45, 7) is 1.88. The number of benzene rings is 2. The Kier molecular flexibility index (Phi) is 7.46. The Morgan fingerprint density at radius 3 is 2.33 bits per heavy atom. The first-order valence-corrected chi connectivity index (χ1v) is 8.62. The molecule has 1 unspecified atom stereocenters. The quantitative estimate of drug-likeness (QED) is 0.568. The fourth-order valence-electron chi connectivity index (χ4n) is 2.38. The van der Waals surface area contributed by atoms with Crippen molar-refractivity contribution in [2.24, 2.45) is 0 Å². The van der Waals surface area contributed by atoms with E-state index in [9.17, 15) is 18.0 Å². The monoisotopic (exact) mass is 378 g/mol. The number of hydrogen-bond acceptors (Lipinski definition) is 3. The van der Waals surface area contributed by atoms with Crippen LogP contribution in [0, 0.1) is 0 Å². The van der Waals surface area contributed by atoms with Gasteiger partial charge in [-0.25, -0.2) is 4.79 Å². The summed E-state index contributed by atoms with van der Waals surface area (Å²) in [5.41, 5.74) is 0.266. The van der Waals surface area contributed by atoms with Crippen LogP contribution in [0.4, 0.5) is 13.2 Å². The van der Waals surface area contributed by atoms with Gasteiger partial charge in [-0.15, -0.1) is 0 Å². The van der Waals surface area contributed by atoms with E-state index in [0.717, 1.165) is 17.7 Å². The van der Waals surface area contributed by atoms with Crippen molar-refractivity contribution in [3.05, 3.63) is 71.8 Å². The summed E-state index contributed by atoms with van der Waals surface area (Å²) in [6.07, 6.45) is -0.552. The molecule has 0 saturated carbocycles. The average Bonchev–Trinajstić information content (AvgIpc) is 2.65. The number of rotatable bonds is 8. The number of carbonyl (C=O) groups excluding carboxylic acids is 1. The second kappa shape index (κ2) is 9.80. The Morgan fingerprint density at radius 2 is 1.74 bits per heavy atom. The fraction of sp³-hybridized carbons (Fsp3) is 0.286. The lowest BCUT2D eigenvalue weighted by Crippen LogP contribution is -2.29. The van der Waals surface area contributed by atoms with Crippen molar-refractivity contribution in [3.8, 4) is 5.75 Å². The van der Waals surface area contributed by atoms with Crippen molar-refractivity contribution in [2.45, 2.75) is 32.0 Å². The second-order valence-electron chi connectivity index (χ2n) is 5.77. The maximum absolute atomic E-state index is 12.6. The number of esters is 1. The first-order chi connectivity index (χ1) is 12.9. The van der Waals surface area contributed by atoms with Crippen LogP contribution >= 0.6 is 0 Å². The van der Waals surface area contributed by atoms with Gasteiger partial charge < -0.3 is 9.47 Å². The topological polar surface area (TPSA) is 35.5 Å². The van der Waals surface area contributed by atoms with Gasteiger partial charge in [-0.2, -0.15) is 13.2 Å². The molecule has 2 aromatic carbocycles. The van der Waals surface area contributed by atoms with E-state index in [0.29, 0.717) is 12.8 Å². The Morgan fingerprint density at radius 1 is 1.07 bits per heavy atom. The summed E-state index contributed by atoms with van der Waals surface area (Å²) in [5.74, 6) is -0.349. The fourth-order valence-corrected chi connectivity index (χ4v) is 2.38. The van der Waals surface area contributed by atoms with Gasteiger partial charge in [-0.1, -0.05) is 42.5 Å². The zero-order valence-corrected chi connectivity index (χ0v) is 14.9. The van der Waals surface area contributed by atoms with E-state index in [1.165, 1.54) is 12.1 Å². The first kappa shape index (κ1) is 20.6. The predicted molar refractivity (Wildman–Crippen MR) is 97.2 cm³/mol. The summed E-state index contributed by atoms with van der Waals surface area (Å²) in [7, 11) is 0. The Labute approximate surface area is 156 Å². The highest BCUT2D eigenvalue weighted by atomic mass is 19.4. The Balaban J connectivity index is 1.99. The highest BCUT2D eigenvalue weighted by Gasteiger charge is 2.30. The first-order valence-electron chi connectivity index (χ1n) is 8.62. The lowest BCUT2D eigenvalue weighted by Gasteiger charge is -2.17. The van der Waals surface area contributed by atoms with Crippen LogP contribution < -0.4 is 4.74 Å². The molecule has 0 radical (unpaired) electrons. The van der Waals surface area contributed by atoms with Gasteiger partial charge in [0.2, 0.25) is 0 Å². The molecule has 0 heterocycles. The smallest absolute Gasteiger partial charge is 0.416 e. The molecule has 1 atom stereocenters. The molecule has 0 aromatic heterocycles. The van der Waals surface area contributed by atoms with Crippen molar-refractivity contribution in [2.75, 3.05) is 6.61 Å². The molecule has 0 aliphatic carbocycles. The van der Waals surface area contributed by atoms with Crippen molar-refractivity contribution >= 4 is 12.0 Å². The maximum atomic E-state index is 12.6. The maximum Gasteiger partial charge on any atom is 0.416 e. The minimum atomic E-state index is -4.42. The molecule has 0 amide bonds. The molecule has 0 bridgehead atoms. The van der Waals surface area contributed by atoms with Crippen LogP contribution in [0.5, 0.6) is 5.75 Å². The van der Waals surface area contributed by atoms with Crippen LogP contribution in [0.1, 0.15) is 30.9 Å². The Hall–Kier alpha value is -2.76. The van der Waals surface area contributed by atoms with E-state index in [4.69, 9.17) is 9.47 Å². The highest BCUT2D eigenvalue weighted by molar-refractivity contribution is 5.75. The molecular weight excluding hydrogens is 357 g/mol. The number of carbonyl (C=O) groups is 1. The van der Waals surface area contributed by atoms with Gasteiger partial charge in [0.15, 0.2) is 6.10 Å². The van der Waals surface area contributed by atoms with Gasteiger partial charge >= 0.3 is 12.1 Å². The molecule has 0 N–H and O–H groups in total. The van der Waals surface area contributed by atoms with Crippen LogP contribution in [0.2, 0.25) is 0 Å². The molecule has 0 spiro atoms.